The predicted molar refractivity (Wildman–Crippen MR) is 65.9 cm³/mol. The predicted octanol–water partition coefficient (Wildman–Crippen LogP) is 1.51. The first-order chi connectivity index (χ1) is 7.50. The molecule has 0 bridgehead atoms. The number of para-hydroxylation sites is 1. The van der Waals surface area contributed by atoms with Crippen LogP contribution in [0.15, 0.2) is 22.7 Å². The van der Waals surface area contributed by atoms with Crippen LogP contribution in [0.4, 0.5) is 0 Å². The lowest BCUT2D eigenvalue weighted by atomic mass is 10.1. The number of phenolic OH excluding ortho intramolecular Hbond substituents is 1. The van der Waals surface area contributed by atoms with E-state index in [1.807, 2.05) is 19.1 Å². The van der Waals surface area contributed by atoms with Crippen LogP contribution in [0.5, 0.6) is 5.75 Å². The summed E-state index contributed by atoms with van der Waals surface area (Å²) in [5.74, 6) is -0.111. The van der Waals surface area contributed by atoms with Gasteiger partial charge in [-0.15, -0.1) is 0 Å². The Labute approximate surface area is 103 Å². The van der Waals surface area contributed by atoms with Crippen molar-refractivity contribution in [3.05, 3.63) is 28.2 Å². The number of rotatable bonds is 5. The first-order valence-electron chi connectivity index (χ1n) is 4.98. The summed E-state index contributed by atoms with van der Waals surface area (Å²) >= 11 is 3.24. The lowest BCUT2D eigenvalue weighted by Crippen LogP contribution is -2.30. The van der Waals surface area contributed by atoms with Crippen LogP contribution < -0.4 is 11.1 Å². The second-order valence-corrected chi connectivity index (χ2v) is 4.55. The fourth-order valence-electron chi connectivity index (χ4n) is 1.36. The third-order valence-electron chi connectivity index (χ3n) is 2.22. The number of halogens is 1. The number of benzene rings is 1. The van der Waals surface area contributed by atoms with Crippen molar-refractivity contribution in [1.82, 2.24) is 5.32 Å². The lowest BCUT2D eigenvalue weighted by molar-refractivity contribution is -0.118. The number of carbonyl (C=O) groups is 1. The monoisotopic (exact) mass is 286 g/mol. The van der Waals surface area contributed by atoms with E-state index in [0.29, 0.717) is 11.0 Å². The number of aromatic hydroxyl groups is 1. The molecule has 1 unspecified atom stereocenters. The summed E-state index contributed by atoms with van der Waals surface area (Å²) in [6.07, 6.45) is 0.286. The van der Waals surface area contributed by atoms with Crippen molar-refractivity contribution >= 4 is 21.8 Å². The Morgan fingerprint density at radius 3 is 2.94 bits per heavy atom. The van der Waals surface area contributed by atoms with Gasteiger partial charge in [-0.3, -0.25) is 4.79 Å². The highest BCUT2D eigenvalue weighted by molar-refractivity contribution is 9.10. The minimum Gasteiger partial charge on any atom is -0.506 e. The zero-order chi connectivity index (χ0) is 12.1. The van der Waals surface area contributed by atoms with E-state index in [1.54, 1.807) is 6.07 Å². The van der Waals surface area contributed by atoms with Gasteiger partial charge < -0.3 is 16.2 Å². The van der Waals surface area contributed by atoms with Crippen LogP contribution in [0.1, 0.15) is 18.9 Å². The molecule has 1 atom stereocenters. The fourth-order valence-corrected chi connectivity index (χ4v) is 1.77. The molecule has 0 radical (unpaired) electrons. The van der Waals surface area contributed by atoms with Crippen molar-refractivity contribution in [3.8, 4) is 5.75 Å². The molecule has 1 aromatic carbocycles. The van der Waals surface area contributed by atoms with E-state index in [4.69, 9.17) is 5.73 Å². The van der Waals surface area contributed by atoms with Gasteiger partial charge in [0.15, 0.2) is 0 Å². The summed E-state index contributed by atoms with van der Waals surface area (Å²) in [5.41, 5.74) is 5.86. The van der Waals surface area contributed by atoms with Gasteiger partial charge >= 0.3 is 0 Å². The van der Waals surface area contributed by atoms with Crippen LogP contribution >= 0.6 is 15.9 Å². The molecule has 0 aliphatic carbocycles. The van der Waals surface area contributed by atoms with Gasteiger partial charge in [-0.05, 0) is 28.9 Å². The molecule has 0 saturated carbocycles. The van der Waals surface area contributed by atoms with Crippen molar-refractivity contribution in [3.63, 3.8) is 0 Å². The molecule has 0 fully saturated rings. The molecule has 88 valence electrons. The number of carbonyl (C=O) groups excluding carboxylic acids is 1. The topological polar surface area (TPSA) is 75.4 Å². The van der Waals surface area contributed by atoms with Crippen molar-refractivity contribution in [1.29, 1.82) is 0 Å². The first kappa shape index (κ1) is 13.0. The van der Waals surface area contributed by atoms with Crippen LogP contribution in [-0.2, 0) is 11.3 Å². The molecule has 0 aliphatic rings. The molecule has 4 nitrogen and oxygen atoms in total. The number of phenols is 1. The highest BCUT2D eigenvalue weighted by Crippen LogP contribution is 2.27. The van der Waals surface area contributed by atoms with Gasteiger partial charge in [-0.2, -0.15) is 0 Å². The average molecular weight is 287 g/mol. The molecular weight excluding hydrogens is 272 g/mol. The number of amides is 1. The minimum absolute atomic E-state index is 0.00381. The van der Waals surface area contributed by atoms with E-state index in [-0.39, 0.29) is 24.1 Å². The highest BCUT2D eigenvalue weighted by Gasteiger charge is 2.08. The second kappa shape index (κ2) is 5.86. The second-order valence-electron chi connectivity index (χ2n) is 3.70. The third kappa shape index (κ3) is 3.83. The zero-order valence-electron chi connectivity index (χ0n) is 9.03. The van der Waals surface area contributed by atoms with Gasteiger partial charge in [0.1, 0.15) is 5.75 Å². The smallest absolute Gasteiger partial charge is 0.218 e. The number of nitrogens with two attached hydrogens (primary N) is 1. The first-order valence-corrected chi connectivity index (χ1v) is 5.78. The molecule has 0 aliphatic heterocycles. The maximum Gasteiger partial charge on any atom is 0.218 e. The maximum absolute atomic E-state index is 10.7. The molecule has 0 saturated heterocycles. The molecular formula is C11H15BrN2O2. The molecule has 4 N–H and O–H groups in total. The fraction of sp³-hybridized carbons (Fsp3) is 0.364. The molecule has 5 heteroatoms. The summed E-state index contributed by atoms with van der Waals surface area (Å²) in [7, 11) is 0. The van der Waals surface area contributed by atoms with E-state index < -0.39 is 0 Å². The van der Waals surface area contributed by atoms with Crippen LogP contribution in [0.25, 0.3) is 0 Å². The molecule has 0 heterocycles. The maximum atomic E-state index is 10.7. The third-order valence-corrected chi connectivity index (χ3v) is 2.86. The van der Waals surface area contributed by atoms with Crippen LogP contribution in [-0.4, -0.2) is 17.1 Å². The van der Waals surface area contributed by atoms with Crippen molar-refractivity contribution in [2.45, 2.75) is 25.9 Å². The van der Waals surface area contributed by atoms with E-state index >= 15 is 0 Å². The van der Waals surface area contributed by atoms with Gasteiger partial charge in [0.05, 0.1) is 4.47 Å². The Bertz CT molecular complexity index is 382. The van der Waals surface area contributed by atoms with Gasteiger partial charge in [0, 0.05) is 24.6 Å². The minimum atomic E-state index is -0.335. The van der Waals surface area contributed by atoms with Crippen LogP contribution in [0.3, 0.4) is 0 Å². The van der Waals surface area contributed by atoms with Gasteiger partial charge in [-0.25, -0.2) is 0 Å². The summed E-state index contributed by atoms with van der Waals surface area (Å²) in [5, 5.41) is 12.8. The molecule has 0 aromatic heterocycles. The lowest BCUT2D eigenvalue weighted by Gasteiger charge is -2.13. The molecule has 1 amide bonds. The Morgan fingerprint density at radius 2 is 2.31 bits per heavy atom. The largest absolute Gasteiger partial charge is 0.506 e. The number of nitrogens with one attached hydrogen (secondary N) is 1. The normalized spacial score (nSPS) is 12.4. The van der Waals surface area contributed by atoms with Crippen molar-refractivity contribution in [2.75, 3.05) is 0 Å². The average Bonchev–Trinajstić information content (AvgIpc) is 2.19. The van der Waals surface area contributed by atoms with Gasteiger partial charge in [-0.1, -0.05) is 12.1 Å². The quantitative estimate of drug-likeness (QED) is 0.768. The Morgan fingerprint density at radius 1 is 1.62 bits per heavy atom. The summed E-state index contributed by atoms with van der Waals surface area (Å²) < 4.78 is 0.661. The van der Waals surface area contributed by atoms with E-state index in [1.165, 1.54) is 0 Å². The SMILES string of the molecule is CC(CC(N)=O)NCc1cccc(Br)c1O. The standard InChI is InChI=1S/C11H15BrN2O2/c1-7(5-10(13)15)14-6-8-3-2-4-9(12)11(8)16/h2-4,7,14,16H,5-6H2,1H3,(H2,13,15). The summed E-state index contributed by atoms with van der Waals surface area (Å²) in [4.78, 5) is 10.7. The molecule has 1 aromatic rings. The highest BCUT2D eigenvalue weighted by atomic mass is 79.9. The molecule has 16 heavy (non-hydrogen) atoms. The van der Waals surface area contributed by atoms with Crippen LogP contribution in [0.2, 0.25) is 0 Å². The summed E-state index contributed by atoms with van der Waals surface area (Å²) in [6.45, 7) is 2.37. The molecule has 0 spiro atoms. The van der Waals surface area contributed by atoms with Crippen molar-refractivity contribution in [2.24, 2.45) is 5.73 Å². The van der Waals surface area contributed by atoms with Crippen molar-refractivity contribution < 1.29 is 9.90 Å². The molecule has 1 rings (SSSR count). The zero-order valence-corrected chi connectivity index (χ0v) is 10.6. The van der Waals surface area contributed by atoms with Gasteiger partial charge in [0.2, 0.25) is 5.91 Å². The Hall–Kier alpha value is -1.07. The Kier molecular flexibility index (Phi) is 4.76. The number of hydrogen-bond acceptors (Lipinski definition) is 3. The van der Waals surface area contributed by atoms with E-state index in [2.05, 4.69) is 21.2 Å². The number of hydrogen-bond donors (Lipinski definition) is 3. The Balaban J connectivity index is 2.54. The van der Waals surface area contributed by atoms with E-state index in [0.717, 1.165) is 5.56 Å². The van der Waals surface area contributed by atoms with Gasteiger partial charge in [0.25, 0.3) is 0 Å². The number of primary amides is 1. The van der Waals surface area contributed by atoms with E-state index in [9.17, 15) is 9.90 Å². The summed E-state index contributed by atoms with van der Waals surface area (Å²) in [6, 6.07) is 5.44. The van der Waals surface area contributed by atoms with Crippen LogP contribution in [0, 0.1) is 0 Å².